The molecule has 0 aliphatic carbocycles. The van der Waals surface area contributed by atoms with Crippen molar-refractivity contribution in [3.8, 4) is 0 Å². The van der Waals surface area contributed by atoms with Gasteiger partial charge in [-0.15, -0.1) is 0 Å². The summed E-state index contributed by atoms with van der Waals surface area (Å²) in [6.07, 6.45) is 4.91. The van der Waals surface area contributed by atoms with Gasteiger partial charge in [0, 0.05) is 23.5 Å². The Hall–Kier alpha value is -2.31. The van der Waals surface area contributed by atoms with Crippen LogP contribution < -0.4 is 5.32 Å². The number of aromatic nitrogens is 4. The fourth-order valence-electron chi connectivity index (χ4n) is 2.32. The molecule has 3 aromatic rings. The molecule has 25 heavy (non-hydrogen) atoms. The summed E-state index contributed by atoms with van der Waals surface area (Å²) in [5.41, 5.74) is 0.129. The number of halogens is 2. The topological polar surface area (TPSA) is 64.7 Å². The van der Waals surface area contributed by atoms with Crippen LogP contribution in [0.25, 0.3) is 0 Å². The van der Waals surface area contributed by atoms with E-state index in [0.29, 0.717) is 22.4 Å². The molecular weight excluding hydrogens is 361 g/mol. The van der Waals surface area contributed by atoms with Crippen molar-refractivity contribution >= 4 is 34.9 Å². The Morgan fingerprint density at radius 1 is 1.24 bits per heavy atom. The molecule has 1 amide bonds. The van der Waals surface area contributed by atoms with Crippen LogP contribution >= 0.6 is 23.2 Å². The van der Waals surface area contributed by atoms with E-state index in [9.17, 15) is 4.79 Å². The van der Waals surface area contributed by atoms with Gasteiger partial charge in [0.2, 0.25) is 0 Å². The van der Waals surface area contributed by atoms with E-state index in [2.05, 4.69) is 15.5 Å². The number of carbonyl (C=O) groups excluding carboxylic acids is 1. The Morgan fingerprint density at radius 3 is 2.72 bits per heavy atom. The third kappa shape index (κ3) is 4.03. The lowest BCUT2D eigenvalue weighted by molar-refractivity contribution is -0.123. The van der Waals surface area contributed by atoms with Crippen molar-refractivity contribution < 1.29 is 4.79 Å². The fourth-order valence-corrected chi connectivity index (χ4v) is 2.67. The number of anilines is 1. The highest BCUT2D eigenvalue weighted by Gasteiger charge is 2.31. The van der Waals surface area contributed by atoms with Gasteiger partial charge < -0.3 is 5.32 Å². The number of carbonyl (C=O) groups is 1. The van der Waals surface area contributed by atoms with Gasteiger partial charge in [0.15, 0.2) is 5.82 Å². The molecule has 8 heteroatoms. The molecule has 1 aromatic carbocycles. The fraction of sp³-hybridized carbons (Fsp3) is 0.235. The average Bonchev–Trinajstić information content (AvgIpc) is 3.17. The van der Waals surface area contributed by atoms with Crippen LogP contribution in [-0.4, -0.2) is 25.5 Å². The zero-order chi connectivity index (χ0) is 18.0. The first-order chi connectivity index (χ1) is 11.8. The zero-order valence-corrected chi connectivity index (χ0v) is 15.3. The van der Waals surface area contributed by atoms with Crippen LogP contribution in [0.4, 0.5) is 5.82 Å². The first kappa shape index (κ1) is 17.5. The van der Waals surface area contributed by atoms with Crippen molar-refractivity contribution in [1.82, 2.24) is 19.6 Å². The van der Waals surface area contributed by atoms with Crippen molar-refractivity contribution in [3.63, 3.8) is 0 Å². The second-order valence-electron chi connectivity index (χ2n) is 6.14. The van der Waals surface area contributed by atoms with E-state index in [4.69, 9.17) is 23.2 Å². The number of nitrogens with one attached hydrogen (secondary N) is 1. The van der Waals surface area contributed by atoms with E-state index < -0.39 is 5.54 Å². The van der Waals surface area contributed by atoms with Crippen molar-refractivity contribution in [2.75, 3.05) is 5.32 Å². The number of nitrogens with zero attached hydrogens (tertiary/aromatic N) is 4. The summed E-state index contributed by atoms with van der Waals surface area (Å²) < 4.78 is 3.26. The maximum atomic E-state index is 12.6. The number of rotatable bonds is 5. The number of hydrogen-bond donors (Lipinski definition) is 1. The third-order valence-corrected chi connectivity index (χ3v) is 4.23. The largest absolute Gasteiger partial charge is 0.307 e. The first-order valence-corrected chi connectivity index (χ1v) is 8.40. The summed E-state index contributed by atoms with van der Waals surface area (Å²) in [6.45, 7) is 4.08. The summed E-state index contributed by atoms with van der Waals surface area (Å²) >= 11 is 11.9. The Kier molecular flexibility index (Phi) is 4.83. The number of amides is 1. The number of hydrogen-bond acceptors (Lipinski definition) is 3. The van der Waals surface area contributed by atoms with Gasteiger partial charge in [-0.25, -0.2) is 0 Å². The van der Waals surface area contributed by atoms with Crippen molar-refractivity contribution in [2.24, 2.45) is 0 Å². The molecule has 2 aromatic heterocycles. The molecule has 0 aliphatic rings. The smallest absolute Gasteiger partial charge is 0.252 e. The number of benzene rings is 1. The highest BCUT2D eigenvalue weighted by molar-refractivity contribution is 6.30. The molecule has 0 atom stereocenters. The summed E-state index contributed by atoms with van der Waals surface area (Å²) in [6, 6.07) is 9.31. The summed E-state index contributed by atoms with van der Waals surface area (Å²) in [5.74, 6) is 0.235. The Balaban J connectivity index is 1.69. The van der Waals surface area contributed by atoms with E-state index in [0.717, 1.165) is 5.56 Å². The molecule has 130 valence electrons. The Labute approximate surface area is 155 Å². The van der Waals surface area contributed by atoms with Crippen molar-refractivity contribution in [1.29, 1.82) is 0 Å². The van der Waals surface area contributed by atoms with Gasteiger partial charge in [-0.3, -0.25) is 14.2 Å². The lowest BCUT2D eigenvalue weighted by Crippen LogP contribution is -2.40. The maximum absolute atomic E-state index is 12.6. The van der Waals surface area contributed by atoms with Gasteiger partial charge in [0.1, 0.15) is 5.54 Å². The predicted octanol–water partition coefficient (Wildman–Crippen LogP) is 3.81. The summed E-state index contributed by atoms with van der Waals surface area (Å²) in [7, 11) is 0. The van der Waals surface area contributed by atoms with Gasteiger partial charge in [-0.1, -0.05) is 35.3 Å². The molecule has 0 saturated carbocycles. The third-order valence-electron chi connectivity index (χ3n) is 3.80. The highest BCUT2D eigenvalue weighted by Crippen LogP contribution is 2.19. The Morgan fingerprint density at radius 2 is 2.04 bits per heavy atom. The average molecular weight is 378 g/mol. The van der Waals surface area contributed by atoms with Crippen LogP contribution in [-0.2, 0) is 16.9 Å². The molecule has 0 spiro atoms. The second kappa shape index (κ2) is 6.90. The van der Waals surface area contributed by atoms with E-state index in [1.54, 1.807) is 37.0 Å². The van der Waals surface area contributed by atoms with E-state index >= 15 is 0 Å². The standard InChI is InChI=1S/C17H17Cl2N5O/c1-17(2,24-11-14(19)9-20-24)16(25)21-15-6-7-23(22-15)10-12-4-3-5-13(18)8-12/h3-9,11H,10H2,1-2H3,(H,21,22,25). The molecule has 0 radical (unpaired) electrons. The Bertz CT molecular complexity index is 900. The summed E-state index contributed by atoms with van der Waals surface area (Å²) in [4.78, 5) is 12.6. The lowest BCUT2D eigenvalue weighted by Gasteiger charge is -2.23. The SMILES string of the molecule is CC(C)(C(=O)Nc1ccn(Cc2cccc(Cl)c2)n1)n1cc(Cl)cn1. The maximum Gasteiger partial charge on any atom is 0.252 e. The zero-order valence-electron chi connectivity index (χ0n) is 13.8. The molecule has 6 nitrogen and oxygen atoms in total. The van der Waals surface area contributed by atoms with Gasteiger partial charge in [-0.05, 0) is 31.5 Å². The minimum atomic E-state index is -0.899. The van der Waals surface area contributed by atoms with Crippen LogP contribution in [0.15, 0.2) is 48.9 Å². The molecule has 0 unspecified atom stereocenters. The predicted molar refractivity (Wildman–Crippen MR) is 98.0 cm³/mol. The van der Waals surface area contributed by atoms with Gasteiger partial charge in [-0.2, -0.15) is 10.2 Å². The molecule has 0 bridgehead atoms. The highest BCUT2D eigenvalue weighted by atomic mass is 35.5. The lowest BCUT2D eigenvalue weighted by atomic mass is 10.1. The van der Waals surface area contributed by atoms with Crippen LogP contribution in [0, 0.1) is 0 Å². The molecule has 0 fully saturated rings. The van der Waals surface area contributed by atoms with Crippen molar-refractivity contribution in [2.45, 2.75) is 25.9 Å². The minimum absolute atomic E-state index is 0.236. The van der Waals surface area contributed by atoms with Gasteiger partial charge in [0.25, 0.3) is 5.91 Å². The molecule has 1 N–H and O–H groups in total. The van der Waals surface area contributed by atoms with Gasteiger partial charge >= 0.3 is 0 Å². The molecule has 3 rings (SSSR count). The van der Waals surface area contributed by atoms with Crippen LogP contribution in [0.1, 0.15) is 19.4 Å². The van der Waals surface area contributed by atoms with Gasteiger partial charge in [0.05, 0.1) is 17.8 Å². The van der Waals surface area contributed by atoms with Crippen molar-refractivity contribution in [3.05, 3.63) is 64.5 Å². The molecule has 0 aliphatic heterocycles. The quantitative estimate of drug-likeness (QED) is 0.734. The first-order valence-electron chi connectivity index (χ1n) is 7.64. The van der Waals surface area contributed by atoms with Crippen LogP contribution in [0.5, 0.6) is 0 Å². The van der Waals surface area contributed by atoms with E-state index in [1.165, 1.54) is 10.9 Å². The normalized spacial score (nSPS) is 11.5. The van der Waals surface area contributed by atoms with E-state index in [1.807, 2.05) is 24.3 Å². The van der Waals surface area contributed by atoms with Crippen LogP contribution in [0.2, 0.25) is 10.0 Å². The summed E-state index contributed by atoms with van der Waals surface area (Å²) in [5, 5.41) is 12.4. The molecular formula is C17H17Cl2N5O. The molecule has 2 heterocycles. The molecule has 0 saturated heterocycles. The van der Waals surface area contributed by atoms with Crippen LogP contribution in [0.3, 0.4) is 0 Å². The monoisotopic (exact) mass is 377 g/mol. The van der Waals surface area contributed by atoms with E-state index in [-0.39, 0.29) is 5.91 Å². The minimum Gasteiger partial charge on any atom is -0.307 e. The second-order valence-corrected chi connectivity index (χ2v) is 7.02.